The van der Waals surface area contributed by atoms with Crippen LogP contribution in [0.4, 0.5) is 0 Å². The van der Waals surface area contributed by atoms with Crippen LogP contribution in [0.3, 0.4) is 0 Å². The smallest absolute Gasteiger partial charge is 0.353 e. The maximum atomic E-state index is 12.4. The Balaban J connectivity index is 0.00000280. The number of aliphatic hydroxyl groups is 1. The van der Waals surface area contributed by atoms with Crippen LogP contribution in [0.5, 0.6) is 0 Å². The molecule has 2 saturated heterocycles. The average Bonchev–Trinajstić information content (AvgIpc) is 3.14. The molecule has 0 aliphatic carbocycles. The number of carbonyl (C=O) groups excluding carboxylic acids is 1. The van der Waals surface area contributed by atoms with Gasteiger partial charge in [0.15, 0.2) is 0 Å². The van der Waals surface area contributed by atoms with Gasteiger partial charge in [-0.3, -0.25) is 4.79 Å². The van der Waals surface area contributed by atoms with Gasteiger partial charge in [0.1, 0.15) is 5.70 Å². The minimum Gasteiger partial charge on any atom is -0.477 e. The van der Waals surface area contributed by atoms with Crippen LogP contribution in [-0.4, -0.2) is 70.1 Å². The third-order valence-corrected chi connectivity index (χ3v) is 7.74. The lowest BCUT2D eigenvalue weighted by Crippen LogP contribution is -2.63. The summed E-state index contributed by atoms with van der Waals surface area (Å²) in [5.41, 5.74) is 0.131. The van der Waals surface area contributed by atoms with Gasteiger partial charge in [0.25, 0.3) is 0 Å². The van der Waals surface area contributed by atoms with Gasteiger partial charge < -0.3 is 25.7 Å². The zero-order valence-electron chi connectivity index (χ0n) is 16.8. The van der Waals surface area contributed by atoms with Gasteiger partial charge in [-0.25, -0.2) is 4.79 Å². The van der Waals surface area contributed by atoms with Crippen molar-refractivity contribution in [1.29, 1.82) is 0 Å². The lowest BCUT2D eigenvalue weighted by molar-refractivity contribution is -0.163. The zero-order chi connectivity index (χ0) is 19.9. The van der Waals surface area contributed by atoms with Crippen molar-refractivity contribution in [2.24, 2.45) is 11.8 Å². The predicted molar refractivity (Wildman–Crippen MR) is 112 cm³/mol. The van der Waals surface area contributed by atoms with Crippen molar-refractivity contribution in [1.82, 2.24) is 15.5 Å². The van der Waals surface area contributed by atoms with E-state index in [1.807, 2.05) is 14.0 Å². The van der Waals surface area contributed by atoms with Crippen LogP contribution in [-0.2, 0) is 9.59 Å². The van der Waals surface area contributed by atoms with Gasteiger partial charge in [-0.2, -0.15) is 0 Å². The number of aliphatic carboxylic acids is 1. The minimum absolute atomic E-state index is 0. The molecule has 0 spiro atoms. The molecule has 9 heteroatoms. The Bertz CT molecular complexity index is 645. The number of β-lactam (4-membered cyclic amide) rings is 1. The number of rotatable bonds is 8. The van der Waals surface area contributed by atoms with Crippen molar-refractivity contribution in [2.75, 3.05) is 13.6 Å². The summed E-state index contributed by atoms with van der Waals surface area (Å²) < 4.78 is 0. The van der Waals surface area contributed by atoms with Crippen molar-refractivity contribution in [3.05, 3.63) is 10.6 Å². The number of halogens is 1. The van der Waals surface area contributed by atoms with Crippen molar-refractivity contribution in [3.8, 4) is 0 Å². The summed E-state index contributed by atoms with van der Waals surface area (Å²) in [7, 11) is 1.97. The highest BCUT2D eigenvalue weighted by Crippen LogP contribution is 2.51. The summed E-state index contributed by atoms with van der Waals surface area (Å²) in [6, 6.07) is 0.710. The van der Waals surface area contributed by atoms with Crippen molar-refractivity contribution in [3.63, 3.8) is 0 Å². The quantitative estimate of drug-likeness (QED) is 0.429. The Morgan fingerprint density at radius 1 is 1.43 bits per heavy atom. The number of hydrogen-bond donors (Lipinski definition) is 4. The molecule has 0 bridgehead atoms. The molecule has 3 aliphatic rings. The van der Waals surface area contributed by atoms with E-state index in [-0.39, 0.29) is 36.0 Å². The van der Waals surface area contributed by atoms with Gasteiger partial charge in [-0.15, -0.1) is 24.2 Å². The molecule has 7 nitrogen and oxygen atoms in total. The second-order valence-corrected chi connectivity index (χ2v) is 9.46. The standard InChI is InChI=1S/C19H31N3O4S.ClH/c1-9(20-4)5-6-12-7-13(8-21-12)27-17-10(2)15-14(11(3)23)18(24)22(15)16(17)19(25)26;/h9-15,20-21,23H,5-8H2,1-4H3,(H,25,26);1H/t9?,10-,11-,12-,13+,14-,15-;/m1./s1. The van der Waals surface area contributed by atoms with E-state index >= 15 is 0 Å². The van der Waals surface area contributed by atoms with Gasteiger partial charge in [0.05, 0.1) is 18.1 Å². The first-order valence-electron chi connectivity index (χ1n) is 9.82. The Kier molecular flexibility index (Phi) is 7.83. The van der Waals surface area contributed by atoms with Gasteiger partial charge >= 0.3 is 5.97 Å². The third-order valence-electron chi connectivity index (χ3n) is 6.23. The van der Waals surface area contributed by atoms with Gasteiger partial charge in [-0.05, 0) is 40.2 Å². The lowest BCUT2D eigenvalue weighted by atomic mass is 9.79. The summed E-state index contributed by atoms with van der Waals surface area (Å²) in [5.74, 6) is -1.86. The normalized spacial score (nSPS) is 34.0. The Hall–Kier alpha value is -0.800. The zero-order valence-corrected chi connectivity index (χ0v) is 18.5. The molecule has 0 aromatic rings. The second kappa shape index (κ2) is 9.34. The highest BCUT2D eigenvalue weighted by molar-refractivity contribution is 8.03. The van der Waals surface area contributed by atoms with Gasteiger partial charge in [-0.1, -0.05) is 6.92 Å². The number of thioether (sulfide) groups is 1. The number of carboxylic acid groups (broad SMARTS) is 1. The van der Waals surface area contributed by atoms with E-state index in [1.165, 1.54) is 4.90 Å². The molecule has 0 radical (unpaired) electrons. The number of hydrogen-bond acceptors (Lipinski definition) is 6. The molecule has 1 unspecified atom stereocenters. The molecule has 3 rings (SSSR count). The van der Waals surface area contributed by atoms with Crippen LogP contribution < -0.4 is 10.6 Å². The number of nitrogens with zero attached hydrogens (tertiary/aromatic N) is 1. The van der Waals surface area contributed by atoms with Gasteiger partial charge in [0.2, 0.25) is 5.91 Å². The molecular weight excluding hydrogens is 402 g/mol. The van der Waals surface area contributed by atoms with E-state index in [0.717, 1.165) is 30.7 Å². The highest BCUT2D eigenvalue weighted by atomic mass is 35.5. The third kappa shape index (κ3) is 4.21. The molecular formula is C19H32ClN3O4S. The maximum Gasteiger partial charge on any atom is 0.353 e. The van der Waals surface area contributed by atoms with Crippen LogP contribution in [0, 0.1) is 11.8 Å². The van der Waals surface area contributed by atoms with E-state index in [9.17, 15) is 19.8 Å². The van der Waals surface area contributed by atoms with E-state index in [4.69, 9.17) is 0 Å². The monoisotopic (exact) mass is 433 g/mol. The Morgan fingerprint density at radius 3 is 2.68 bits per heavy atom. The van der Waals surface area contributed by atoms with Crippen LogP contribution in [0.2, 0.25) is 0 Å². The molecule has 3 aliphatic heterocycles. The molecule has 0 saturated carbocycles. The van der Waals surface area contributed by atoms with Crippen LogP contribution in [0.1, 0.15) is 40.0 Å². The summed E-state index contributed by atoms with van der Waals surface area (Å²) in [4.78, 5) is 26.5. The molecule has 7 atom stereocenters. The fraction of sp³-hybridized carbons (Fsp3) is 0.789. The first-order valence-corrected chi connectivity index (χ1v) is 10.7. The number of nitrogens with one attached hydrogen (secondary N) is 2. The average molecular weight is 434 g/mol. The Labute approximate surface area is 177 Å². The van der Waals surface area contributed by atoms with E-state index < -0.39 is 18.0 Å². The number of aliphatic hydroxyl groups excluding tert-OH is 1. The fourth-order valence-corrected chi connectivity index (χ4v) is 6.06. The maximum absolute atomic E-state index is 12.4. The lowest BCUT2D eigenvalue weighted by Gasteiger charge is -2.46. The van der Waals surface area contributed by atoms with Crippen molar-refractivity contribution >= 4 is 36.0 Å². The largest absolute Gasteiger partial charge is 0.477 e. The molecule has 28 heavy (non-hydrogen) atoms. The number of amides is 1. The predicted octanol–water partition coefficient (Wildman–Crippen LogP) is 1.41. The van der Waals surface area contributed by atoms with Crippen molar-refractivity contribution in [2.45, 2.75) is 69.5 Å². The second-order valence-electron chi connectivity index (χ2n) is 8.12. The topological polar surface area (TPSA) is 102 Å². The van der Waals surface area contributed by atoms with Crippen LogP contribution >= 0.6 is 24.2 Å². The summed E-state index contributed by atoms with van der Waals surface area (Å²) in [6.07, 6.45) is 2.44. The SMILES string of the molecule is CNC(C)CC[C@@H]1C[C@H](SC2=C(C(=O)O)N3C(=O)[C@H]([C@@H](C)O)[C@H]3[C@H]2C)CN1.Cl. The Morgan fingerprint density at radius 2 is 2.11 bits per heavy atom. The van der Waals surface area contributed by atoms with Crippen molar-refractivity contribution < 1.29 is 19.8 Å². The minimum atomic E-state index is -1.05. The van der Waals surface area contributed by atoms with E-state index in [0.29, 0.717) is 17.3 Å². The molecule has 2 fully saturated rings. The molecule has 4 N–H and O–H groups in total. The molecule has 1 amide bonds. The van der Waals surface area contributed by atoms with Crippen LogP contribution in [0.25, 0.3) is 0 Å². The molecule has 3 heterocycles. The van der Waals surface area contributed by atoms with Crippen LogP contribution in [0.15, 0.2) is 10.6 Å². The summed E-state index contributed by atoms with van der Waals surface area (Å²) in [5, 5.41) is 26.8. The summed E-state index contributed by atoms with van der Waals surface area (Å²) >= 11 is 1.61. The molecule has 0 aromatic heterocycles. The summed E-state index contributed by atoms with van der Waals surface area (Å²) in [6.45, 7) is 6.61. The van der Waals surface area contributed by atoms with Gasteiger partial charge in [0, 0.05) is 34.7 Å². The molecule has 160 valence electrons. The number of fused-ring (bicyclic) bond motifs is 1. The molecule has 0 aromatic carbocycles. The number of carbonyl (C=O) groups is 2. The first-order chi connectivity index (χ1) is 12.8. The first kappa shape index (κ1) is 23.5. The van der Waals surface area contributed by atoms with E-state index in [1.54, 1.807) is 18.7 Å². The number of carboxylic acids is 1. The fourth-order valence-electron chi connectivity index (χ4n) is 4.55. The van der Waals surface area contributed by atoms with E-state index in [2.05, 4.69) is 17.6 Å². The highest BCUT2D eigenvalue weighted by Gasteiger charge is 2.60.